The molecule has 0 radical (unpaired) electrons. The maximum atomic E-state index is 13.2. The van der Waals surface area contributed by atoms with Crippen molar-refractivity contribution in [3.05, 3.63) is 0 Å². The van der Waals surface area contributed by atoms with Crippen molar-refractivity contribution in [2.45, 2.75) is 38.0 Å². The lowest BCUT2D eigenvalue weighted by atomic mass is 9.56. The van der Waals surface area contributed by atoms with Gasteiger partial charge in [-0.2, -0.15) is 0 Å². The van der Waals surface area contributed by atoms with Gasteiger partial charge in [0.15, 0.2) is 0 Å². The van der Waals surface area contributed by atoms with E-state index < -0.39 is 29.6 Å². The van der Waals surface area contributed by atoms with E-state index in [-0.39, 0.29) is 0 Å². The summed E-state index contributed by atoms with van der Waals surface area (Å²) in [6, 6.07) is 0. The van der Waals surface area contributed by atoms with E-state index in [1.54, 1.807) is 0 Å². The molecule has 2 saturated carbocycles. The fraction of sp³-hybridized carbons (Fsp3) is 0.889. The van der Waals surface area contributed by atoms with Crippen molar-refractivity contribution >= 4 is 5.97 Å². The number of hydrogen-bond donors (Lipinski definition) is 1. The highest BCUT2D eigenvalue weighted by molar-refractivity contribution is 5.73. The van der Waals surface area contributed by atoms with E-state index >= 15 is 0 Å². The van der Waals surface area contributed by atoms with Crippen LogP contribution in [0.3, 0.4) is 0 Å². The number of carboxylic acid groups (broad SMARTS) is 1. The SMILES string of the molecule is O=C(O)C1CC(F)(F)C12CCCC2. The minimum Gasteiger partial charge on any atom is -0.481 e. The van der Waals surface area contributed by atoms with Gasteiger partial charge in [-0.15, -0.1) is 0 Å². The molecule has 2 aliphatic carbocycles. The molecule has 2 nitrogen and oxygen atoms in total. The minimum atomic E-state index is -2.73. The fourth-order valence-corrected chi connectivity index (χ4v) is 2.82. The predicted octanol–water partition coefficient (Wildman–Crippen LogP) is 2.29. The first kappa shape index (κ1) is 8.91. The number of halogens is 2. The van der Waals surface area contributed by atoms with Crippen LogP contribution >= 0.6 is 0 Å². The zero-order chi connectivity index (χ0) is 9.69. The van der Waals surface area contributed by atoms with Gasteiger partial charge in [0, 0.05) is 11.8 Å². The number of carboxylic acids is 1. The number of aliphatic carboxylic acids is 1. The lowest BCUT2D eigenvalue weighted by Crippen LogP contribution is -2.59. The van der Waals surface area contributed by atoms with Crippen LogP contribution in [0.25, 0.3) is 0 Å². The monoisotopic (exact) mass is 190 g/mol. The Labute approximate surface area is 74.9 Å². The Kier molecular flexibility index (Phi) is 1.66. The average molecular weight is 190 g/mol. The molecule has 2 fully saturated rings. The summed E-state index contributed by atoms with van der Waals surface area (Å²) in [6.07, 6.45) is 1.81. The van der Waals surface area contributed by atoms with E-state index in [0.29, 0.717) is 12.8 Å². The van der Waals surface area contributed by atoms with E-state index in [1.807, 2.05) is 0 Å². The van der Waals surface area contributed by atoms with Crippen molar-refractivity contribution in [3.63, 3.8) is 0 Å². The van der Waals surface area contributed by atoms with Crippen LogP contribution in [-0.4, -0.2) is 17.0 Å². The van der Waals surface area contributed by atoms with Crippen molar-refractivity contribution < 1.29 is 18.7 Å². The molecule has 1 unspecified atom stereocenters. The summed E-state index contributed by atoms with van der Waals surface area (Å²) < 4.78 is 26.5. The molecule has 4 heteroatoms. The van der Waals surface area contributed by atoms with Gasteiger partial charge in [0.1, 0.15) is 0 Å². The second-order valence-electron chi connectivity index (χ2n) is 4.16. The topological polar surface area (TPSA) is 37.3 Å². The molecule has 2 rings (SSSR count). The number of carbonyl (C=O) groups is 1. The number of hydrogen-bond acceptors (Lipinski definition) is 1. The van der Waals surface area contributed by atoms with Gasteiger partial charge in [-0.05, 0) is 12.8 Å². The smallest absolute Gasteiger partial charge is 0.307 e. The summed E-state index contributed by atoms with van der Waals surface area (Å²) in [7, 11) is 0. The highest BCUT2D eigenvalue weighted by Crippen LogP contribution is 2.65. The molecule has 1 atom stereocenters. The minimum absolute atomic E-state index is 0.386. The number of alkyl halides is 2. The molecule has 0 amide bonds. The van der Waals surface area contributed by atoms with Gasteiger partial charge in [-0.1, -0.05) is 12.8 Å². The Morgan fingerprint density at radius 3 is 2.23 bits per heavy atom. The molecule has 0 aromatic carbocycles. The molecular formula is C9H12F2O2. The van der Waals surface area contributed by atoms with Crippen LogP contribution in [0.4, 0.5) is 8.78 Å². The van der Waals surface area contributed by atoms with Crippen LogP contribution in [0.5, 0.6) is 0 Å². The van der Waals surface area contributed by atoms with Crippen LogP contribution < -0.4 is 0 Å². The van der Waals surface area contributed by atoms with Crippen LogP contribution in [0.2, 0.25) is 0 Å². The Hall–Kier alpha value is -0.670. The molecular weight excluding hydrogens is 178 g/mol. The third kappa shape index (κ3) is 0.944. The zero-order valence-corrected chi connectivity index (χ0v) is 7.22. The summed E-state index contributed by atoms with van der Waals surface area (Å²) in [6.45, 7) is 0. The molecule has 1 N–H and O–H groups in total. The third-order valence-electron chi connectivity index (χ3n) is 3.65. The van der Waals surface area contributed by atoms with Crippen molar-refractivity contribution in [2.75, 3.05) is 0 Å². The first-order chi connectivity index (χ1) is 6.00. The summed E-state index contributed by atoms with van der Waals surface area (Å²) in [5.41, 5.74) is -1.18. The summed E-state index contributed by atoms with van der Waals surface area (Å²) in [4.78, 5) is 10.7. The highest BCUT2D eigenvalue weighted by Gasteiger charge is 2.70. The predicted molar refractivity (Wildman–Crippen MR) is 41.6 cm³/mol. The Bertz CT molecular complexity index is 244. The Balaban J connectivity index is 2.24. The van der Waals surface area contributed by atoms with Crippen molar-refractivity contribution in [1.29, 1.82) is 0 Å². The van der Waals surface area contributed by atoms with Crippen molar-refractivity contribution in [2.24, 2.45) is 11.3 Å². The maximum Gasteiger partial charge on any atom is 0.307 e. The normalized spacial score (nSPS) is 34.5. The molecule has 0 aromatic rings. The quantitative estimate of drug-likeness (QED) is 0.688. The van der Waals surface area contributed by atoms with Gasteiger partial charge < -0.3 is 5.11 Å². The van der Waals surface area contributed by atoms with E-state index in [0.717, 1.165) is 12.8 Å². The first-order valence-electron chi connectivity index (χ1n) is 4.60. The van der Waals surface area contributed by atoms with E-state index in [4.69, 9.17) is 5.11 Å². The summed E-state index contributed by atoms with van der Waals surface area (Å²) >= 11 is 0. The number of rotatable bonds is 1. The van der Waals surface area contributed by atoms with Crippen LogP contribution in [-0.2, 0) is 4.79 Å². The zero-order valence-electron chi connectivity index (χ0n) is 7.22. The maximum absolute atomic E-state index is 13.2. The molecule has 0 saturated heterocycles. The lowest BCUT2D eigenvalue weighted by molar-refractivity contribution is -0.244. The molecule has 0 heterocycles. The standard InChI is InChI=1S/C9H12F2O2/c10-9(11)5-6(7(12)13)8(9)3-1-2-4-8/h6H,1-5H2,(H,12,13). The molecule has 0 aromatic heterocycles. The third-order valence-corrected chi connectivity index (χ3v) is 3.65. The van der Waals surface area contributed by atoms with Gasteiger partial charge in [-0.25, -0.2) is 8.78 Å². The van der Waals surface area contributed by atoms with Gasteiger partial charge in [0.2, 0.25) is 0 Å². The van der Waals surface area contributed by atoms with Gasteiger partial charge in [-0.3, -0.25) is 4.79 Å². The summed E-state index contributed by atoms with van der Waals surface area (Å²) in [5.74, 6) is -4.58. The largest absolute Gasteiger partial charge is 0.481 e. The highest BCUT2D eigenvalue weighted by atomic mass is 19.3. The van der Waals surface area contributed by atoms with Gasteiger partial charge in [0.25, 0.3) is 5.92 Å². The summed E-state index contributed by atoms with van der Waals surface area (Å²) in [5, 5.41) is 8.76. The fourth-order valence-electron chi connectivity index (χ4n) is 2.82. The average Bonchev–Trinajstić information content (AvgIpc) is 2.50. The molecule has 1 spiro atoms. The molecule has 2 aliphatic rings. The van der Waals surface area contributed by atoms with Crippen LogP contribution in [0.1, 0.15) is 32.1 Å². The van der Waals surface area contributed by atoms with Crippen molar-refractivity contribution in [3.8, 4) is 0 Å². The second kappa shape index (κ2) is 2.42. The van der Waals surface area contributed by atoms with E-state index in [2.05, 4.69) is 0 Å². The van der Waals surface area contributed by atoms with Crippen LogP contribution in [0, 0.1) is 11.3 Å². The molecule has 0 bridgehead atoms. The molecule has 0 aliphatic heterocycles. The Morgan fingerprint density at radius 2 is 1.85 bits per heavy atom. The van der Waals surface area contributed by atoms with E-state index in [9.17, 15) is 13.6 Å². The molecule has 74 valence electrons. The van der Waals surface area contributed by atoms with Gasteiger partial charge >= 0.3 is 5.97 Å². The first-order valence-corrected chi connectivity index (χ1v) is 4.60. The van der Waals surface area contributed by atoms with Crippen LogP contribution in [0.15, 0.2) is 0 Å². The Morgan fingerprint density at radius 1 is 1.31 bits per heavy atom. The van der Waals surface area contributed by atoms with Gasteiger partial charge in [0.05, 0.1) is 5.92 Å². The van der Waals surface area contributed by atoms with E-state index in [1.165, 1.54) is 0 Å². The van der Waals surface area contributed by atoms with Crippen molar-refractivity contribution in [1.82, 2.24) is 0 Å². The lowest BCUT2D eigenvalue weighted by Gasteiger charge is -2.51. The second-order valence-corrected chi connectivity index (χ2v) is 4.16. The molecule has 13 heavy (non-hydrogen) atoms.